The number of rotatable bonds is 7. The molecule has 2 rings (SSSR count). The molecule has 0 aliphatic rings. The molecule has 0 aliphatic heterocycles. The topological polar surface area (TPSA) is 60.0 Å². The van der Waals surface area contributed by atoms with Crippen LogP contribution >= 0.6 is 0 Å². The molecule has 0 amide bonds. The summed E-state index contributed by atoms with van der Waals surface area (Å²) in [4.78, 5) is 0. The number of hydrogen-bond donors (Lipinski definition) is 2. The van der Waals surface area contributed by atoms with Gasteiger partial charge in [-0.3, -0.25) is 0 Å². The van der Waals surface area contributed by atoms with E-state index in [9.17, 15) is 5.11 Å². The average molecular weight is 331 g/mol. The second-order valence-corrected chi connectivity index (χ2v) is 6.37. The highest BCUT2D eigenvalue weighted by atomic mass is 16.6. The summed E-state index contributed by atoms with van der Waals surface area (Å²) < 4.78 is 16.6. The van der Waals surface area contributed by atoms with Gasteiger partial charge >= 0.3 is 0 Å². The van der Waals surface area contributed by atoms with Crippen LogP contribution in [0, 0.1) is 0 Å². The van der Waals surface area contributed by atoms with Crippen molar-refractivity contribution in [2.45, 2.75) is 39.4 Å². The van der Waals surface area contributed by atoms with Crippen LogP contribution in [-0.2, 0) is 11.3 Å². The molecule has 0 fully saturated rings. The van der Waals surface area contributed by atoms with E-state index in [1.165, 1.54) is 0 Å². The third-order valence-corrected chi connectivity index (χ3v) is 3.16. The highest BCUT2D eigenvalue weighted by Gasteiger charge is 2.17. The summed E-state index contributed by atoms with van der Waals surface area (Å²) in [7, 11) is 1.59. The highest BCUT2D eigenvalue weighted by Crippen LogP contribution is 2.31. The maximum absolute atomic E-state index is 9.96. The van der Waals surface area contributed by atoms with Crippen molar-refractivity contribution in [1.29, 1.82) is 0 Å². The zero-order valence-corrected chi connectivity index (χ0v) is 14.6. The van der Waals surface area contributed by atoms with Gasteiger partial charge in [0.15, 0.2) is 11.5 Å². The molecule has 130 valence electrons. The lowest BCUT2D eigenvalue weighted by atomic mass is 10.2. The number of aliphatic hydroxyl groups is 1. The van der Waals surface area contributed by atoms with Gasteiger partial charge in [0, 0.05) is 11.8 Å². The van der Waals surface area contributed by atoms with Crippen LogP contribution in [-0.4, -0.2) is 24.2 Å². The lowest BCUT2D eigenvalue weighted by Gasteiger charge is -2.25. The summed E-state index contributed by atoms with van der Waals surface area (Å²) in [5.74, 6) is 1.22. The molecule has 2 aromatic rings. The van der Waals surface area contributed by atoms with E-state index < -0.39 is 12.0 Å². The molecule has 5 nitrogen and oxygen atoms in total. The first kappa shape index (κ1) is 18.1. The second kappa shape index (κ2) is 8.04. The molecule has 1 unspecified atom stereocenters. The Kier molecular flexibility index (Phi) is 6.06. The minimum absolute atomic E-state index is 0.432. The van der Waals surface area contributed by atoms with E-state index in [-0.39, 0.29) is 0 Å². The monoisotopic (exact) mass is 331 g/mol. The Morgan fingerprint density at radius 3 is 2.38 bits per heavy atom. The predicted octanol–water partition coefficient (Wildman–Crippen LogP) is 3.78. The number of hydrogen-bond acceptors (Lipinski definition) is 5. The minimum atomic E-state index is -1.11. The molecule has 0 spiro atoms. The predicted molar refractivity (Wildman–Crippen MR) is 94.2 cm³/mol. The van der Waals surface area contributed by atoms with E-state index in [1.54, 1.807) is 25.3 Å². The van der Waals surface area contributed by atoms with Crippen LogP contribution in [0.1, 0.15) is 26.3 Å². The molecule has 0 aliphatic carbocycles. The zero-order valence-electron chi connectivity index (χ0n) is 14.6. The van der Waals surface area contributed by atoms with E-state index in [0.29, 0.717) is 23.8 Å². The minimum Gasteiger partial charge on any atom is -0.493 e. The number of methoxy groups -OCH3 is 1. The summed E-state index contributed by atoms with van der Waals surface area (Å²) in [6.07, 6.45) is -1.11. The van der Waals surface area contributed by atoms with Gasteiger partial charge in [0.1, 0.15) is 6.61 Å². The van der Waals surface area contributed by atoms with Crippen LogP contribution in [0.25, 0.3) is 0 Å². The Morgan fingerprint density at radius 1 is 1.04 bits per heavy atom. The van der Waals surface area contributed by atoms with Crippen LogP contribution in [0.5, 0.6) is 11.5 Å². The van der Waals surface area contributed by atoms with Gasteiger partial charge < -0.3 is 24.6 Å². The van der Waals surface area contributed by atoms with Crippen LogP contribution in [0.4, 0.5) is 5.69 Å². The van der Waals surface area contributed by atoms with Gasteiger partial charge in [0.05, 0.1) is 12.7 Å². The number of anilines is 1. The second-order valence-electron chi connectivity index (χ2n) is 6.37. The molecule has 0 saturated carbocycles. The molecule has 0 radical (unpaired) electrons. The fourth-order valence-electron chi connectivity index (χ4n) is 2.12. The van der Waals surface area contributed by atoms with E-state index in [0.717, 1.165) is 5.56 Å². The first-order chi connectivity index (χ1) is 11.4. The van der Waals surface area contributed by atoms with Gasteiger partial charge in [0.2, 0.25) is 6.41 Å². The van der Waals surface area contributed by atoms with Gasteiger partial charge in [-0.1, -0.05) is 30.3 Å². The van der Waals surface area contributed by atoms with E-state index >= 15 is 0 Å². The normalized spacial score (nSPS) is 12.5. The molecular formula is C19H25NO4. The lowest BCUT2D eigenvalue weighted by molar-refractivity contribution is -0.148. The molecule has 0 heterocycles. The quantitative estimate of drug-likeness (QED) is 0.756. The lowest BCUT2D eigenvalue weighted by Crippen LogP contribution is -2.32. The van der Waals surface area contributed by atoms with Gasteiger partial charge in [-0.25, -0.2) is 0 Å². The van der Waals surface area contributed by atoms with Crippen molar-refractivity contribution in [3.05, 3.63) is 54.1 Å². The molecule has 2 aromatic carbocycles. The van der Waals surface area contributed by atoms with Crippen molar-refractivity contribution in [2.75, 3.05) is 12.4 Å². The van der Waals surface area contributed by atoms with Crippen molar-refractivity contribution in [1.82, 2.24) is 0 Å². The number of nitrogens with one attached hydrogen (secondary N) is 1. The fraction of sp³-hybridized carbons (Fsp3) is 0.368. The largest absolute Gasteiger partial charge is 0.493 e. The third kappa shape index (κ3) is 5.76. The van der Waals surface area contributed by atoms with E-state index in [1.807, 2.05) is 51.1 Å². The summed E-state index contributed by atoms with van der Waals surface area (Å²) in [5, 5.41) is 12.8. The number of aliphatic hydroxyl groups excluding tert-OH is 1. The van der Waals surface area contributed by atoms with Crippen molar-refractivity contribution < 1.29 is 19.3 Å². The van der Waals surface area contributed by atoms with Crippen molar-refractivity contribution in [2.24, 2.45) is 0 Å². The summed E-state index contributed by atoms with van der Waals surface area (Å²) >= 11 is 0. The number of benzene rings is 2. The molecular weight excluding hydrogens is 306 g/mol. The van der Waals surface area contributed by atoms with Gasteiger partial charge in [0.25, 0.3) is 0 Å². The first-order valence-corrected chi connectivity index (χ1v) is 7.84. The van der Waals surface area contributed by atoms with Gasteiger partial charge in [-0.2, -0.15) is 0 Å². The van der Waals surface area contributed by atoms with Crippen molar-refractivity contribution in [3.8, 4) is 11.5 Å². The van der Waals surface area contributed by atoms with E-state index in [2.05, 4.69) is 5.32 Å². The van der Waals surface area contributed by atoms with Crippen molar-refractivity contribution >= 4 is 5.69 Å². The molecule has 0 bridgehead atoms. The zero-order chi connectivity index (χ0) is 17.6. The standard InChI is InChI=1S/C19H25NO4/c1-19(2,3)24-18(21)20-15-10-11-16(22-4)17(12-15)23-13-14-8-6-5-7-9-14/h5-12,18,20-21H,13H2,1-4H3. The molecule has 2 N–H and O–H groups in total. The maximum Gasteiger partial charge on any atom is 0.235 e. The van der Waals surface area contributed by atoms with Crippen LogP contribution < -0.4 is 14.8 Å². The molecule has 5 heteroatoms. The van der Waals surface area contributed by atoms with Crippen LogP contribution in [0.3, 0.4) is 0 Å². The van der Waals surface area contributed by atoms with Crippen LogP contribution in [0.2, 0.25) is 0 Å². The van der Waals surface area contributed by atoms with Gasteiger partial charge in [-0.05, 0) is 38.5 Å². The molecule has 1 atom stereocenters. The first-order valence-electron chi connectivity index (χ1n) is 7.84. The molecule has 0 saturated heterocycles. The average Bonchev–Trinajstić information content (AvgIpc) is 2.52. The number of ether oxygens (including phenoxy) is 3. The van der Waals surface area contributed by atoms with Crippen LogP contribution in [0.15, 0.2) is 48.5 Å². The Bertz CT molecular complexity index is 638. The summed E-state index contributed by atoms with van der Waals surface area (Å²) in [5.41, 5.74) is 1.29. The Morgan fingerprint density at radius 2 is 1.75 bits per heavy atom. The molecule has 0 aromatic heterocycles. The van der Waals surface area contributed by atoms with E-state index in [4.69, 9.17) is 14.2 Å². The van der Waals surface area contributed by atoms with Gasteiger partial charge in [-0.15, -0.1) is 0 Å². The summed E-state index contributed by atoms with van der Waals surface area (Å²) in [6, 6.07) is 15.2. The Hall–Kier alpha value is -2.24. The highest BCUT2D eigenvalue weighted by molar-refractivity contribution is 5.54. The molecule has 24 heavy (non-hydrogen) atoms. The third-order valence-electron chi connectivity index (χ3n) is 3.16. The Labute approximate surface area is 143 Å². The maximum atomic E-state index is 9.96. The smallest absolute Gasteiger partial charge is 0.235 e. The summed E-state index contributed by atoms with van der Waals surface area (Å²) in [6.45, 7) is 6.06. The Balaban J connectivity index is 2.06. The SMILES string of the molecule is COc1ccc(NC(O)OC(C)(C)C)cc1OCc1ccccc1. The van der Waals surface area contributed by atoms with Crippen molar-refractivity contribution in [3.63, 3.8) is 0 Å². The fourth-order valence-corrected chi connectivity index (χ4v) is 2.12.